The first-order chi connectivity index (χ1) is 13.7. The van der Waals surface area contributed by atoms with Crippen molar-refractivity contribution in [3.63, 3.8) is 0 Å². The van der Waals surface area contributed by atoms with E-state index in [0.29, 0.717) is 0 Å². The van der Waals surface area contributed by atoms with E-state index >= 15 is 0 Å². The van der Waals surface area contributed by atoms with Crippen LogP contribution in [0.5, 0.6) is 0 Å². The predicted octanol–water partition coefficient (Wildman–Crippen LogP) is 3.66. The highest BCUT2D eigenvalue weighted by Crippen LogP contribution is 2.30. The van der Waals surface area contributed by atoms with Gasteiger partial charge >= 0.3 is 0 Å². The minimum absolute atomic E-state index is 0.241. The molecule has 0 amide bonds. The molecule has 4 rings (SSSR count). The molecule has 0 fully saturated rings. The van der Waals surface area contributed by atoms with Crippen molar-refractivity contribution in [1.29, 1.82) is 0 Å². The Hall–Kier alpha value is -1.72. The smallest absolute Gasteiger partial charge is 0.0954 e. The third-order valence-electron chi connectivity index (χ3n) is 5.63. The molecule has 2 heterocycles. The summed E-state index contributed by atoms with van der Waals surface area (Å²) in [5.41, 5.74) is 8.40. The summed E-state index contributed by atoms with van der Waals surface area (Å²) in [6.45, 7) is 7.83. The van der Waals surface area contributed by atoms with E-state index in [4.69, 9.17) is 9.47 Å². The quantitative estimate of drug-likeness (QED) is 0.847. The van der Waals surface area contributed by atoms with Crippen LogP contribution in [0.25, 0.3) is 0 Å². The van der Waals surface area contributed by atoms with Crippen LogP contribution in [0.15, 0.2) is 36.4 Å². The fourth-order valence-corrected chi connectivity index (χ4v) is 4.32. The summed E-state index contributed by atoms with van der Waals surface area (Å²) in [6.07, 6.45) is 2.59. The lowest BCUT2D eigenvalue weighted by atomic mass is 9.93. The van der Waals surface area contributed by atoms with E-state index in [9.17, 15) is 0 Å². The lowest BCUT2D eigenvalue weighted by molar-refractivity contribution is 0.0432. The Kier molecular flexibility index (Phi) is 7.63. The summed E-state index contributed by atoms with van der Waals surface area (Å²) in [4.78, 5) is 0. The third kappa shape index (κ3) is 4.81. The van der Waals surface area contributed by atoms with Crippen LogP contribution in [-0.2, 0) is 22.3 Å². The van der Waals surface area contributed by atoms with E-state index in [1.807, 2.05) is 14.1 Å². The van der Waals surface area contributed by atoms with Gasteiger partial charge in [-0.3, -0.25) is 0 Å². The number of aryl methyl sites for hydroxylation is 2. The normalized spacial score (nSPS) is 20.6. The topological polar surface area (TPSA) is 42.5 Å². The molecule has 0 aliphatic carbocycles. The van der Waals surface area contributed by atoms with Crippen molar-refractivity contribution in [3.05, 3.63) is 69.8 Å². The summed E-state index contributed by atoms with van der Waals surface area (Å²) < 4.78 is 11.5. The molecule has 2 aliphatic rings. The molecule has 0 saturated heterocycles. The van der Waals surface area contributed by atoms with Crippen LogP contribution in [0.4, 0.5) is 0 Å². The molecular formula is C24H34N2O2. The van der Waals surface area contributed by atoms with Gasteiger partial charge in [-0.05, 0) is 74.2 Å². The van der Waals surface area contributed by atoms with Crippen molar-refractivity contribution in [2.45, 2.75) is 38.9 Å². The third-order valence-corrected chi connectivity index (χ3v) is 5.63. The molecule has 0 spiro atoms. The second kappa shape index (κ2) is 10.2. The molecule has 152 valence electrons. The van der Waals surface area contributed by atoms with Crippen molar-refractivity contribution in [1.82, 2.24) is 10.6 Å². The zero-order valence-corrected chi connectivity index (χ0v) is 17.7. The zero-order valence-electron chi connectivity index (χ0n) is 17.7. The minimum Gasteiger partial charge on any atom is -0.372 e. The van der Waals surface area contributed by atoms with Gasteiger partial charge in [0.1, 0.15) is 0 Å². The van der Waals surface area contributed by atoms with Crippen LogP contribution in [0.1, 0.15) is 45.6 Å². The second-order valence-electron chi connectivity index (χ2n) is 7.63. The fraction of sp³-hybridized carbons (Fsp3) is 0.500. The highest BCUT2D eigenvalue weighted by molar-refractivity contribution is 5.38. The molecule has 4 heteroatoms. The van der Waals surface area contributed by atoms with Crippen molar-refractivity contribution in [2.75, 3.05) is 40.4 Å². The monoisotopic (exact) mass is 382 g/mol. The summed E-state index contributed by atoms with van der Waals surface area (Å²) in [7, 11) is 3.94. The molecule has 0 saturated carbocycles. The number of likely N-dealkylation sites (N-methyl/N-ethyl adjacent to an activating group) is 2. The van der Waals surface area contributed by atoms with Gasteiger partial charge in [-0.1, -0.05) is 36.4 Å². The van der Waals surface area contributed by atoms with Crippen molar-refractivity contribution in [3.8, 4) is 0 Å². The average molecular weight is 383 g/mol. The van der Waals surface area contributed by atoms with Gasteiger partial charge < -0.3 is 20.1 Å². The number of ether oxygens (including phenoxy) is 2. The lowest BCUT2D eigenvalue weighted by Crippen LogP contribution is -2.26. The number of hydrogen-bond acceptors (Lipinski definition) is 4. The SMILES string of the molecule is CNC[C@@H]1OCCc2cccc(C)c21.CNC[C@H]1OCCc2cccc(C)c21. The molecule has 28 heavy (non-hydrogen) atoms. The van der Waals surface area contributed by atoms with Crippen molar-refractivity contribution in [2.24, 2.45) is 0 Å². The largest absolute Gasteiger partial charge is 0.372 e. The number of fused-ring (bicyclic) bond motifs is 2. The molecule has 4 nitrogen and oxygen atoms in total. The maximum atomic E-state index is 5.76. The Labute approximate surface area is 169 Å². The van der Waals surface area contributed by atoms with Gasteiger partial charge in [-0.25, -0.2) is 0 Å². The van der Waals surface area contributed by atoms with Crippen LogP contribution in [0.2, 0.25) is 0 Å². The number of benzene rings is 2. The van der Waals surface area contributed by atoms with E-state index in [-0.39, 0.29) is 12.2 Å². The van der Waals surface area contributed by atoms with E-state index in [1.54, 1.807) is 0 Å². The van der Waals surface area contributed by atoms with Gasteiger partial charge in [0.2, 0.25) is 0 Å². The summed E-state index contributed by atoms with van der Waals surface area (Å²) in [5.74, 6) is 0. The molecule has 2 aromatic rings. The lowest BCUT2D eigenvalue weighted by Gasteiger charge is -2.27. The van der Waals surface area contributed by atoms with Crippen molar-refractivity contribution >= 4 is 0 Å². The summed E-state index contributed by atoms with van der Waals surface area (Å²) in [6, 6.07) is 13.0. The van der Waals surface area contributed by atoms with Gasteiger partial charge in [0.05, 0.1) is 25.4 Å². The van der Waals surface area contributed by atoms with Crippen LogP contribution in [0, 0.1) is 13.8 Å². The highest BCUT2D eigenvalue weighted by Gasteiger charge is 2.22. The fourth-order valence-electron chi connectivity index (χ4n) is 4.32. The first kappa shape index (κ1) is 21.0. The van der Waals surface area contributed by atoms with Crippen LogP contribution < -0.4 is 10.6 Å². The second-order valence-corrected chi connectivity index (χ2v) is 7.63. The maximum Gasteiger partial charge on any atom is 0.0954 e. The van der Waals surface area contributed by atoms with Gasteiger partial charge in [0.15, 0.2) is 0 Å². The van der Waals surface area contributed by atoms with Crippen LogP contribution >= 0.6 is 0 Å². The Morgan fingerprint density at radius 3 is 1.57 bits per heavy atom. The summed E-state index contributed by atoms with van der Waals surface area (Å²) >= 11 is 0. The molecule has 2 aliphatic heterocycles. The van der Waals surface area contributed by atoms with Gasteiger partial charge in [0, 0.05) is 13.1 Å². The molecule has 2 atom stereocenters. The molecule has 2 aromatic carbocycles. The maximum absolute atomic E-state index is 5.76. The van der Waals surface area contributed by atoms with Crippen LogP contribution in [-0.4, -0.2) is 40.4 Å². The molecule has 0 unspecified atom stereocenters. The molecule has 2 N–H and O–H groups in total. The Morgan fingerprint density at radius 1 is 0.750 bits per heavy atom. The molecule has 0 bridgehead atoms. The van der Waals surface area contributed by atoms with E-state index < -0.39 is 0 Å². The standard InChI is InChI=1S/2C12H17NO/c2*1-9-4-3-5-10-6-7-14-11(8-13-2)12(9)10/h2*3-5,11,13H,6-8H2,1-2H3/t2*11-/m10/s1. The highest BCUT2D eigenvalue weighted by atomic mass is 16.5. The summed E-state index contributed by atoms with van der Waals surface area (Å²) in [5, 5.41) is 6.36. The Morgan fingerprint density at radius 2 is 1.18 bits per heavy atom. The molecular weight excluding hydrogens is 348 g/mol. The first-order valence-electron chi connectivity index (χ1n) is 10.3. The molecule has 0 aromatic heterocycles. The van der Waals surface area contributed by atoms with Gasteiger partial charge in [-0.15, -0.1) is 0 Å². The number of nitrogens with one attached hydrogen (secondary N) is 2. The Bertz CT molecular complexity index is 710. The average Bonchev–Trinajstić information content (AvgIpc) is 2.70. The van der Waals surface area contributed by atoms with Gasteiger partial charge in [0.25, 0.3) is 0 Å². The van der Waals surface area contributed by atoms with E-state index in [2.05, 4.69) is 60.9 Å². The zero-order chi connectivity index (χ0) is 19.9. The first-order valence-corrected chi connectivity index (χ1v) is 10.3. The van der Waals surface area contributed by atoms with E-state index in [0.717, 1.165) is 39.1 Å². The molecule has 0 radical (unpaired) electrons. The van der Waals surface area contributed by atoms with Crippen molar-refractivity contribution < 1.29 is 9.47 Å². The predicted molar refractivity (Wildman–Crippen MR) is 115 cm³/mol. The number of hydrogen-bond donors (Lipinski definition) is 2. The van der Waals surface area contributed by atoms with E-state index in [1.165, 1.54) is 33.4 Å². The minimum atomic E-state index is 0.241. The Balaban J connectivity index is 0.000000161. The van der Waals surface area contributed by atoms with Gasteiger partial charge in [-0.2, -0.15) is 0 Å². The number of rotatable bonds is 4. The van der Waals surface area contributed by atoms with Crippen LogP contribution in [0.3, 0.4) is 0 Å².